The fraction of sp³-hybridized carbons (Fsp3) is 0. The topological polar surface area (TPSA) is 6.48 Å². The van der Waals surface area contributed by atoms with Crippen molar-refractivity contribution >= 4 is 77.2 Å². The third-order valence-corrected chi connectivity index (χ3v) is 11.8. The standard InChI is InChI=1S/C58H40N2/c1-4-14-41(15-5-1)43-26-30-49(31-27-43)59(50-32-28-44(29-33-50)42-16-6-2-7-17-42)51-34-36-54-46(38-51)24-25-47-39-52(35-37-55(47)54)60(48-19-8-3-9-20-48)58-40-45-18-10-11-21-53(45)56-22-12-13-23-57(56)58/h1-40H. The van der Waals surface area contributed by atoms with Crippen molar-refractivity contribution in [3.8, 4) is 22.3 Å². The van der Waals surface area contributed by atoms with Gasteiger partial charge in [0.05, 0.1) is 5.69 Å². The van der Waals surface area contributed by atoms with E-state index in [-0.39, 0.29) is 0 Å². The number of para-hydroxylation sites is 1. The zero-order valence-electron chi connectivity index (χ0n) is 33.0. The monoisotopic (exact) mass is 764 g/mol. The second-order valence-corrected chi connectivity index (χ2v) is 15.4. The molecule has 0 heterocycles. The molecule has 2 heteroatoms. The maximum absolute atomic E-state index is 2.41. The third kappa shape index (κ3) is 6.41. The van der Waals surface area contributed by atoms with Crippen LogP contribution in [0, 0.1) is 0 Å². The second kappa shape index (κ2) is 15.1. The highest BCUT2D eigenvalue weighted by molar-refractivity contribution is 6.15. The Labute approximate surface area is 350 Å². The summed E-state index contributed by atoms with van der Waals surface area (Å²) in [6.07, 6.45) is 0. The molecule has 60 heavy (non-hydrogen) atoms. The van der Waals surface area contributed by atoms with Gasteiger partial charge in [-0.3, -0.25) is 0 Å². The first-order chi connectivity index (χ1) is 29.7. The first-order valence-electron chi connectivity index (χ1n) is 20.6. The fourth-order valence-electron chi connectivity index (χ4n) is 8.86. The summed E-state index contributed by atoms with van der Waals surface area (Å²) in [6, 6.07) is 87.9. The van der Waals surface area contributed by atoms with Crippen LogP contribution in [-0.4, -0.2) is 0 Å². The molecular formula is C58H40N2. The van der Waals surface area contributed by atoms with Gasteiger partial charge in [0.25, 0.3) is 0 Å². The lowest BCUT2D eigenvalue weighted by Crippen LogP contribution is -2.10. The van der Waals surface area contributed by atoms with Gasteiger partial charge in [-0.05, 0) is 127 Å². The average molecular weight is 765 g/mol. The molecule has 0 radical (unpaired) electrons. The predicted octanol–water partition coefficient (Wildman–Crippen LogP) is 16.6. The van der Waals surface area contributed by atoms with Crippen LogP contribution < -0.4 is 9.80 Å². The van der Waals surface area contributed by atoms with E-state index in [4.69, 9.17) is 0 Å². The first kappa shape index (κ1) is 35.2. The van der Waals surface area contributed by atoms with Crippen LogP contribution in [0.15, 0.2) is 243 Å². The summed E-state index contributed by atoms with van der Waals surface area (Å²) in [5, 5.41) is 9.81. The summed E-state index contributed by atoms with van der Waals surface area (Å²) in [6.45, 7) is 0. The average Bonchev–Trinajstić information content (AvgIpc) is 3.33. The molecule has 0 aromatic heterocycles. The Morgan fingerprint density at radius 2 is 0.567 bits per heavy atom. The number of fused-ring (bicyclic) bond motifs is 6. The van der Waals surface area contributed by atoms with Crippen LogP contribution >= 0.6 is 0 Å². The summed E-state index contributed by atoms with van der Waals surface area (Å²) >= 11 is 0. The van der Waals surface area contributed by atoms with Crippen molar-refractivity contribution in [2.45, 2.75) is 0 Å². The van der Waals surface area contributed by atoms with Crippen LogP contribution in [0.5, 0.6) is 0 Å². The van der Waals surface area contributed by atoms with Crippen molar-refractivity contribution in [1.29, 1.82) is 0 Å². The molecule has 0 bridgehead atoms. The molecule has 0 aliphatic heterocycles. The number of rotatable bonds is 8. The molecule has 0 amide bonds. The Bertz CT molecular complexity index is 3200. The van der Waals surface area contributed by atoms with Crippen LogP contribution in [0.25, 0.3) is 65.3 Å². The molecule has 0 unspecified atom stereocenters. The van der Waals surface area contributed by atoms with Crippen LogP contribution in [0.2, 0.25) is 0 Å². The van der Waals surface area contributed by atoms with Crippen molar-refractivity contribution in [3.63, 3.8) is 0 Å². The maximum atomic E-state index is 2.41. The Morgan fingerprint density at radius 1 is 0.200 bits per heavy atom. The SMILES string of the molecule is c1ccc(-c2ccc(N(c3ccc(-c4ccccc4)cc3)c3ccc4c(ccc5cc(N(c6ccccc6)c6cc7ccccc7c7ccccc67)ccc54)c3)cc2)cc1. The lowest BCUT2D eigenvalue weighted by atomic mass is 9.98. The van der Waals surface area contributed by atoms with Gasteiger partial charge >= 0.3 is 0 Å². The van der Waals surface area contributed by atoms with Gasteiger partial charge in [0, 0.05) is 33.8 Å². The molecule has 0 saturated carbocycles. The normalized spacial score (nSPS) is 11.3. The van der Waals surface area contributed by atoms with E-state index in [1.807, 2.05) is 0 Å². The number of nitrogens with zero attached hydrogens (tertiary/aromatic N) is 2. The first-order valence-corrected chi connectivity index (χ1v) is 20.6. The van der Waals surface area contributed by atoms with Gasteiger partial charge in [0.1, 0.15) is 0 Å². The maximum Gasteiger partial charge on any atom is 0.0546 e. The van der Waals surface area contributed by atoms with Crippen LogP contribution in [0.1, 0.15) is 0 Å². The van der Waals surface area contributed by atoms with E-state index in [1.165, 1.54) is 65.3 Å². The Morgan fingerprint density at radius 3 is 1.12 bits per heavy atom. The van der Waals surface area contributed by atoms with Gasteiger partial charge in [-0.2, -0.15) is 0 Å². The second-order valence-electron chi connectivity index (χ2n) is 15.4. The van der Waals surface area contributed by atoms with E-state index >= 15 is 0 Å². The zero-order chi connectivity index (χ0) is 39.8. The quantitative estimate of drug-likeness (QED) is 0.142. The molecule has 2 nitrogen and oxygen atoms in total. The van der Waals surface area contributed by atoms with Crippen LogP contribution in [0.3, 0.4) is 0 Å². The lowest BCUT2D eigenvalue weighted by molar-refractivity contribution is 1.29. The molecule has 11 aromatic rings. The highest BCUT2D eigenvalue weighted by Crippen LogP contribution is 2.44. The highest BCUT2D eigenvalue weighted by Gasteiger charge is 2.19. The number of anilines is 6. The molecule has 0 N–H and O–H groups in total. The Balaban J connectivity index is 1.01. The van der Waals surface area contributed by atoms with Crippen LogP contribution in [0.4, 0.5) is 34.1 Å². The van der Waals surface area contributed by atoms with E-state index < -0.39 is 0 Å². The molecule has 0 aliphatic carbocycles. The molecule has 0 aliphatic rings. The predicted molar refractivity (Wildman–Crippen MR) is 257 cm³/mol. The van der Waals surface area contributed by atoms with E-state index in [0.717, 1.165) is 34.1 Å². The van der Waals surface area contributed by atoms with E-state index in [0.29, 0.717) is 0 Å². The van der Waals surface area contributed by atoms with Crippen molar-refractivity contribution < 1.29 is 0 Å². The highest BCUT2D eigenvalue weighted by atomic mass is 15.1. The summed E-state index contributed by atoms with van der Waals surface area (Å²) < 4.78 is 0. The summed E-state index contributed by atoms with van der Waals surface area (Å²) in [5.41, 5.74) is 11.5. The molecule has 282 valence electrons. The van der Waals surface area contributed by atoms with Gasteiger partial charge in [0.15, 0.2) is 0 Å². The van der Waals surface area contributed by atoms with Crippen molar-refractivity contribution in [1.82, 2.24) is 0 Å². The minimum absolute atomic E-state index is 1.11. The van der Waals surface area contributed by atoms with Gasteiger partial charge < -0.3 is 9.80 Å². The van der Waals surface area contributed by atoms with E-state index in [2.05, 4.69) is 252 Å². The summed E-state index contributed by atoms with van der Waals surface area (Å²) in [5.74, 6) is 0. The van der Waals surface area contributed by atoms with Crippen molar-refractivity contribution in [3.05, 3.63) is 243 Å². The van der Waals surface area contributed by atoms with E-state index in [9.17, 15) is 0 Å². The molecule has 0 atom stereocenters. The smallest absolute Gasteiger partial charge is 0.0546 e. The van der Waals surface area contributed by atoms with Gasteiger partial charge in [0.2, 0.25) is 0 Å². The zero-order valence-corrected chi connectivity index (χ0v) is 33.0. The molecule has 11 rings (SSSR count). The molecular weight excluding hydrogens is 725 g/mol. The molecule has 11 aromatic carbocycles. The number of benzene rings is 11. The van der Waals surface area contributed by atoms with Crippen molar-refractivity contribution in [2.24, 2.45) is 0 Å². The van der Waals surface area contributed by atoms with Crippen LogP contribution in [-0.2, 0) is 0 Å². The number of hydrogen-bond donors (Lipinski definition) is 0. The molecule has 0 spiro atoms. The largest absolute Gasteiger partial charge is 0.310 e. The summed E-state index contributed by atoms with van der Waals surface area (Å²) in [4.78, 5) is 4.77. The molecule has 0 fully saturated rings. The van der Waals surface area contributed by atoms with Gasteiger partial charge in [-0.1, -0.05) is 176 Å². The molecule has 0 saturated heterocycles. The summed E-state index contributed by atoms with van der Waals surface area (Å²) in [7, 11) is 0. The number of hydrogen-bond acceptors (Lipinski definition) is 2. The fourth-order valence-corrected chi connectivity index (χ4v) is 8.86. The third-order valence-electron chi connectivity index (χ3n) is 11.8. The minimum atomic E-state index is 1.11. The van der Waals surface area contributed by atoms with E-state index in [1.54, 1.807) is 0 Å². The Hall–Kier alpha value is -7.94. The Kier molecular flexibility index (Phi) is 8.87. The minimum Gasteiger partial charge on any atom is -0.310 e. The van der Waals surface area contributed by atoms with Gasteiger partial charge in [-0.25, -0.2) is 0 Å². The lowest BCUT2D eigenvalue weighted by Gasteiger charge is -2.28. The van der Waals surface area contributed by atoms with Crippen molar-refractivity contribution in [2.75, 3.05) is 9.80 Å². The van der Waals surface area contributed by atoms with Gasteiger partial charge in [-0.15, -0.1) is 0 Å².